The summed E-state index contributed by atoms with van der Waals surface area (Å²) < 4.78 is 11.2. The van der Waals surface area contributed by atoms with E-state index in [1.54, 1.807) is 7.11 Å². The number of thioether (sulfide) groups is 1. The first-order chi connectivity index (χ1) is 12.1. The Morgan fingerprint density at radius 1 is 1.36 bits per heavy atom. The van der Waals surface area contributed by atoms with Gasteiger partial charge in [-0.2, -0.15) is 11.8 Å². The third-order valence-corrected chi connectivity index (χ3v) is 6.24. The van der Waals surface area contributed by atoms with Crippen molar-refractivity contribution in [2.24, 2.45) is 10.7 Å². The van der Waals surface area contributed by atoms with Crippen molar-refractivity contribution in [2.45, 2.75) is 18.3 Å². The van der Waals surface area contributed by atoms with Crippen molar-refractivity contribution in [3.05, 3.63) is 28.8 Å². The van der Waals surface area contributed by atoms with Gasteiger partial charge in [-0.1, -0.05) is 11.6 Å². The second-order valence-corrected chi connectivity index (χ2v) is 8.17. The number of halogens is 1. The second kappa shape index (κ2) is 8.52. The summed E-state index contributed by atoms with van der Waals surface area (Å²) in [7, 11) is 1.70. The summed E-state index contributed by atoms with van der Waals surface area (Å²) in [6, 6.07) is 5.80. The molecule has 0 spiro atoms. The largest absolute Gasteiger partial charge is 0.496 e. The zero-order valence-corrected chi connectivity index (χ0v) is 16.2. The fourth-order valence-corrected chi connectivity index (χ4v) is 4.57. The Balaban J connectivity index is 1.87. The molecule has 7 heteroatoms. The Bertz CT molecular complexity index is 614. The molecule has 3 rings (SSSR count). The Kier molecular flexibility index (Phi) is 6.36. The molecule has 0 unspecified atom stereocenters. The second-order valence-electron chi connectivity index (χ2n) is 6.51. The van der Waals surface area contributed by atoms with Gasteiger partial charge in [0.05, 0.1) is 13.7 Å². The molecule has 0 radical (unpaired) electrons. The minimum atomic E-state index is -0.149. The molecule has 2 aliphatic heterocycles. The minimum Gasteiger partial charge on any atom is -0.496 e. The van der Waals surface area contributed by atoms with Gasteiger partial charge in [-0.15, -0.1) is 0 Å². The summed E-state index contributed by atoms with van der Waals surface area (Å²) in [5.41, 5.74) is 7.24. The smallest absolute Gasteiger partial charge is 0.191 e. The van der Waals surface area contributed by atoms with Gasteiger partial charge < -0.3 is 20.1 Å². The lowest BCUT2D eigenvalue weighted by Gasteiger charge is -2.38. The van der Waals surface area contributed by atoms with Crippen LogP contribution in [0, 0.1) is 0 Å². The molecule has 2 fully saturated rings. The van der Waals surface area contributed by atoms with Gasteiger partial charge in [-0.05, 0) is 31.0 Å². The van der Waals surface area contributed by atoms with E-state index in [0.717, 1.165) is 48.7 Å². The van der Waals surface area contributed by atoms with E-state index in [0.29, 0.717) is 30.7 Å². The number of nitrogens with two attached hydrogens (primary N) is 1. The normalized spacial score (nSPS) is 21.2. The lowest BCUT2D eigenvalue weighted by Crippen LogP contribution is -2.44. The lowest BCUT2D eigenvalue weighted by atomic mass is 9.73. The number of guanidine groups is 1. The molecule has 138 valence electrons. The fraction of sp³-hybridized carbons (Fsp3) is 0.611. The van der Waals surface area contributed by atoms with Crippen molar-refractivity contribution in [1.82, 2.24) is 4.90 Å². The van der Waals surface area contributed by atoms with E-state index in [-0.39, 0.29) is 5.41 Å². The molecule has 2 heterocycles. The fourth-order valence-electron chi connectivity index (χ4n) is 3.49. The van der Waals surface area contributed by atoms with Gasteiger partial charge in [0.15, 0.2) is 5.96 Å². The van der Waals surface area contributed by atoms with Crippen LogP contribution in [-0.4, -0.2) is 62.3 Å². The summed E-state index contributed by atoms with van der Waals surface area (Å²) in [5.74, 6) is 3.72. The first-order valence-corrected chi connectivity index (χ1v) is 10.2. The highest BCUT2D eigenvalue weighted by molar-refractivity contribution is 7.99. The van der Waals surface area contributed by atoms with Crippen molar-refractivity contribution in [2.75, 3.05) is 51.5 Å². The van der Waals surface area contributed by atoms with Crippen molar-refractivity contribution in [1.29, 1.82) is 0 Å². The Morgan fingerprint density at radius 2 is 2.08 bits per heavy atom. The standard InChI is InChI=1S/C18H26ClN3O2S/c1-23-16-3-2-14(19)12-15(16)18(4-8-24-9-5-18)13-21-17(20)22-6-10-25-11-7-22/h2-3,12H,4-11,13H2,1H3,(H2,20,21). The van der Waals surface area contributed by atoms with Gasteiger partial charge in [0.1, 0.15) is 5.75 Å². The highest BCUT2D eigenvalue weighted by Crippen LogP contribution is 2.41. The number of benzene rings is 1. The molecule has 2 aliphatic rings. The van der Waals surface area contributed by atoms with Crippen LogP contribution in [0.3, 0.4) is 0 Å². The average molecular weight is 384 g/mol. The third kappa shape index (κ3) is 4.36. The van der Waals surface area contributed by atoms with Gasteiger partial charge in [-0.25, -0.2) is 0 Å². The molecule has 5 nitrogen and oxygen atoms in total. The van der Waals surface area contributed by atoms with Crippen LogP contribution in [0.25, 0.3) is 0 Å². The number of methoxy groups -OCH3 is 1. The number of aliphatic imine (C=N–C) groups is 1. The molecule has 2 N–H and O–H groups in total. The van der Waals surface area contributed by atoms with Crippen LogP contribution in [0.4, 0.5) is 0 Å². The zero-order valence-electron chi connectivity index (χ0n) is 14.7. The Morgan fingerprint density at radius 3 is 2.76 bits per heavy atom. The predicted octanol–water partition coefficient (Wildman–Crippen LogP) is 2.76. The van der Waals surface area contributed by atoms with E-state index in [9.17, 15) is 0 Å². The van der Waals surface area contributed by atoms with Crippen molar-refractivity contribution in [3.8, 4) is 5.75 Å². The molecule has 0 bridgehead atoms. The summed E-state index contributed by atoms with van der Waals surface area (Å²) in [5, 5.41) is 0.715. The average Bonchev–Trinajstić information content (AvgIpc) is 2.67. The summed E-state index contributed by atoms with van der Waals surface area (Å²) in [4.78, 5) is 6.96. The van der Waals surface area contributed by atoms with Crippen molar-refractivity contribution in [3.63, 3.8) is 0 Å². The molecule has 25 heavy (non-hydrogen) atoms. The molecule has 1 aromatic carbocycles. The first kappa shape index (κ1) is 18.7. The number of hydrogen-bond acceptors (Lipinski definition) is 4. The Hall–Kier alpha value is -1.11. The maximum Gasteiger partial charge on any atom is 0.191 e. The van der Waals surface area contributed by atoms with E-state index < -0.39 is 0 Å². The van der Waals surface area contributed by atoms with E-state index >= 15 is 0 Å². The van der Waals surface area contributed by atoms with Gasteiger partial charge >= 0.3 is 0 Å². The van der Waals surface area contributed by atoms with Crippen molar-refractivity contribution < 1.29 is 9.47 Å². The van der Waals surface area contributed by atoms with Gasteiger partial charge in [0.25, 0.3) is 0 Å². The minimum absolute atomic E-state index is 0.149. The number of hydrogen-bond donors (Lipinski definition) is 1. The first-order valence-electron chi connectivity index (χ1n) is 8.69. The van der Waals surface area contributed by atoms with Crippen LogP contribution < -0.4 is 10.5 Å². The van der Waals surface area contributed by atoms with Gasteiger partial charge in [0, 0.05) is 53.8 Å². The number of ether oxygens (including phenoxy) is 2. The van der Waals surface area contributed by atoms with Gasteiger partial charge in [-0.3, -0.25) is 4.99 Å². The summed E-state index contributed by atoms with van der Waals surface area (Å²) >= 11 is 8.25. The monoisotopic (exact) mass is 383 g/mol. The molecule has 0 saturated carbocycles. The van der Waals surface area contributed by atoms with Gasteiger partial charge in [0.2, 0.25) is 0 Å². The molecular formula is C18H26ClN3O2S. The molecular weight excluding hydrogens is 358 g/mol. The highest BCUT2D eigenvalue weighted by atomic mass is 35.5. The summed E-state index contributed by atoms with van der Waals surface area (Å²) in [6.07, 6.45) is 1.77. The molecule has 0 aromatic heterocycles. The maximum atomic E-state index is 6.28. The Labute approximate surface area is 158 Å². The lowest BCUT2D eigenvalue weighted by molar-refractivity contribution is 0.0522. The van der Waals surface area contributed by atoms with Crippen LogP contribution in [0.5, 0.6) is 5.75 Å². The molecule has 1 aromatic rings. The van der Waals surface area contributed by atoms with E-state index in [2.05, 4.69) is 4.90 Å². The maximum absolute atomic E-state index is 6.28. The van der Waals surface area contributed by atoms with Crippen LogP contribution in [-0.2, 0) is 10.2 Å². The van der Waals surface area contributed by atoms with E-state index in [1.165, 1.54) is 0 Å². The van der Waals surface area contributed by atoms with E-state index in [4.69, 9.17) is 31.8 Å². The third-order valence-electron chi connectivity index (χ3n) is 5.06. The topological polar surface area (TPSA) is 60.1 Å². The van der Waals surface area contributed by atoms with Crippen molar-refractivity contribution >= 4 is 29.3 Å². The zero-order chi connectivity index (χ0) is 17.7. The molecule has 0 amide bonds. The number of rotatable bonds is 4. The summed E-state index contributed by atoms with van der Waals surface area (Å²) in [6.45, 7) is 3.99. The van der Waals surface area contributed by atoms with Crippen LogP contribution in [0.1, 0.15) is 18.4 Å². The highest BCUT2D eigenvalue weighted by Gasteiger charge is 2.37. The quantitative estimate of drug-likeness (QED) is 0.640. The SMILES string of the molecule is COc1ccc(Cl)cc1C1(CN=C(N)N2CCSCC2)CCOCC1. The molecule has 0 atom stereocenters. The predicted molar refractivity (Wildman–Crippen MR) is 105 cm³/mol. The van der Waals surface area contributed by atoms with Crippen LogP contribution in [0.2, 0.25) is 5.02 Å². The molecule has 2 saturated heterocycles. The van der Waals surface area contributed by atoms with E-state index in [1.807, 2.05) is 30.0 Å². The van der Waals surface area contributed by atoms with Crippen LogP contribution in [0.15, 0.2) is 23.2 Å². The van der Waals surface area contributed by atoms with Crippen LogP contribution >= 0.6 is 23.4 Å². The molecule has 0 aliphatic carbocycles. The number of nitrogens with zero attached hydrogens (tertiary/aromatic N) is 2.